The summed E-state index contributed by atoms with van der Waals surface area (Å²) < 4.78 is 46.0. The first-order chi connectivity index (χ1) is 14.1. The summed E-state index contributed by atoms with van der Waals surface area (Å²) in [6.07, 6.45) is 1.05. The molecule has 4 rings (SSSR count). The summed E-state index contributed by atoms with van der Waals surface area (Å²) in [7, 11) is 1.65. The van der Waals surface area contributed by atoms with E-state index < -0.39 is 24.1 Å². The van der Waals surface area contributed by atoms with Crippen LogP contribution in [-0.4, -0.2) is 43.9 Å². The summed E-state index contributed by atoms with van der Waals surface area (Å²) in [5, 5.41) is 11.7. The van der Waals surface area contributed by atoms with Crippen molar-refractivity contribution in [1.29, 1.82) is 0 Å². The molecular formula is C19H23F3N6O2. The Morgan fingerprint density at radius 1 is 1.30 bits per heavy atom. The van der Waals surface area contributed by atoms with Crippen LogP contribution < -0.4 is 10.5 Å². The number of alkyl halides is 3. The minimum absolute atomic E-state index is 0.0322. The van der Waals surface area contributed by atoms with Crippen molar-refractivity contribution in [2.24, 2.45) is 18.7 Å². The number of nitrogens with two attached hydrogens (primary N) is 1. The summed E-state index contributed by atoms with van der Waals surface area (Å²) in [5.41, 5.74) is 5.31. The predicted molar refractivity (Wildman–Crippen MR) is 98.9 cm³/mol. The predicted octanol–water partition coefficient (Wildman–Crippen LogP) is 2.63. The molecule has 2 fully saturated rings. The second-order valence-electron chi connectivity index (χ2n) is 8.41. The van der Waals surface area contributed by atoms with Crippen LogP contribution in [0.25, 0.3) is 0 Å². The van der Waals surface area contributed by atoms with E-state index in [0.29, 0.717) is 23.7 Å². The van der Waals surface area contributed by atoms with Gasteiger partial charge in [0.2, 0.25) is 0 Å². The third kappa shape index (κ3) is 3.97. The maximum atomic E-state index is 13.1. The number of hydrogen-bond acceptors (Lipinski definition) is 6. The zero-order valence-corrected chi connectivity index (χ0v) is 16.7. The van der Waals surface area contributed by atoms with Gasteiger partial charge in [0.25, 0.3) is 5.91 Å². The van der Waals surface area contributed by atoms with E-state index in [2.05, 4.69) is 20.5 Å². The summed E-state index contributed by atoms with van der Waals surface area (Å²) in [4.78, 5) is 16.6. The quantitative estimate of drug-likeness (QED) is 0.698. The van der Waals surface area contributed by atoms with E-state index in [-0.39, 0.29) is 22.9 Å². The van der Waals surface area contributed by atoms with Crippen LogP contribution >= 0.6 is 0 Å². The molecule has 0 spiro atoms. The van der Waals surface area contributed by atoms with Gasteiger partial charge in [-0.2, -0.15) is 13.2 Å². The van der Waals surface area contributed by atoms with E-state index in [1.807, 2.05) is 6.92 Å². The van der Waals surface area contributed by atoms with Crippen molar-refractivity contribution in [2.75, 3.05) is 6.61 Å². The number of aryl methyl sites for hydroxylation is 1. The second-order valence-corrected chi connectivity index (χ2v) is 8.41. The first kappa shape index (κ1) is 20.5. The standard InChI is InChI=1S/C19H23F3N6O2/c1-18(7-10-3-4-10,17-25-26-27-28(17)2)13-14(16(23)29)24-8-12(11-5-6-11)15(13)30-9-19(20,21)22/h8,10-11H,3-7,9H2,1-2H3,(H2,23,29). The Bertz CT molecular complexity index is 968. The molecule has 2 N–H and O–H groups in total. The number of pyridine rings is 1. The van der Waals surface area contributed by atoms with Gasteiger partial charge in [-0.05, 0) is 48.4 Å². The number of aromatic nitrogens is 5. The van der Waals surface area contributed by atoms with Crippen LogP contribution in [-0.2, 0) is 12.5 Å². The van der Waals surface area contributed by atoms with E-state index in [0.717, 1.165) is 25.7 Å². The van der Waals surface area contributed by atoms with Crippen LogP contribution in [0.3, 0.4) is 0 Å². The third-order valence-corrected chi connectivity index (χ3v) is 5.75. The van der Waals surface area contributed by atoms with Gasteiger partial charge in [-0.15, -0.1) is 5.10 Å². The Balaban J connectivity index is 1.95. The molecule has 0 aliphatic heterocycles. The normalized spacial score (nSPS) is 18.8. The van der Waals surface area contributed by atoms with Gasteiger partial charge >= 0.3 is 6.18 Å². The number of rotatable bonds is 8. The summed E-state index contributed by atoms with van der Waals surface area (Å²) in [6.45, 7) is 0.343. The Kier molecular flexibility index (Phi) is 4.94. The maximum Gasteiger partial charge on any atom is 0.422 e. The molecule has 1 atom stereocenters. The van der Waals surface area contributed by atoms with Gasteiger partial charge < -0.3 is 10.5 Å². The van der Waals surface area contributed by atoms with Crippen LogP contribution in [0, 0.1) is 5.92 Å². The highest BCUT2D eigenvalue weighted by Crippen LogP contribution is 2.52. The maximum absolute atomic E-state index is 13.1. The van der Waals surface area contributed by atoms with Crippen molar-refractivity contribution in [3.63, 3.8) is 0 Å². The van der Waals surface area contributed by atoms with Crippen molar-refractivity contribution in [3.05, 3.63) is 28.8 Å². The molecule has 11 heteroatoms. The molecule has 0 aromatic carbocycles. The molecule has 8 nitrogen and oxygen atoms in total. The number of hydrogen-bond donors (Lipinski definition) is 1. The van der Waals surface area contributed by atoms with E-state index >= 15 is 0 Å². The summed E-state index contributed by atoms with van der Waals surface area (Å²) >= 11 is 0. The zero-order chi connectivity index (χ0) is 21.7. The van der Waals surface area contributed by atoms with Crippen molar-refractivity contribution in [2.45, 2.75) is 56.5 Å². The molecule has 162 valence electrons. The fourth-order valence-corrected chi connectivity index (χ4v) is 4.10. The highest BCUT2D eigenvalue weighted by Gasteiger charge is 2.46. The van der Waals surface area contributed by atoms with Crippen molar-refractivity contribution in [1.82, 2.24) is 25.2 Å². The lowest BCUT2D eigenvalue weighted by molar-refractivity contribution is -0.153. The van der Waals surface area contributed by atoms with Crippen molar-refractivity contribution < 1.29 is 22.7 Å². The summed E-state index contributed by atoms with van der Waals surface area (Å²) in [6, 6.07) is 0. The van der Waals surface area contributed by atoms with Crippen molar-refractivity contribution >= 4 is 5.91 Å². The minimum Gasteiger partial charge on any atom is -0.483 e. The molecule has 30 heavy (non-hydrogen) atoms. The molecule has 0 radical (unpaired) electrons. The molecule has 2 aromatic rings. The van der Waals surface area contributed by atoms with E-state index in [1.165, 1.54) is 10.9 Å². The van der Waals surface area contributed by atoms with Gasteiger partial charge in [0.15, 0.2) is 12.4 Å². The van der Waals surface area contributed by atoms with E-state index in [9.17, 15) is 18.0 Å². The third-order valence-electron chi connectivity index (χ3n) is 5.75. The molecular weight excluding hydrogens is 401 g/mol. The second kappa shape index (κ2) is 7.21. The minimum atomic E-state index is -4.53. The average molecular weight is 424 g/mol. The fourth-order valence-electron chi connectivity index (χ4n) is 4.10. The van der Waals surface area contributed by atoms with E-state index in [1.54, 1.807) is 7.05 Å². The number of tetrazole rings is 1. The van der Waals surface area contributed by atoms with Crippen LogP contribution in [0.1, 0.15) is 72.4 Å². The van der Waals surface area contributed by atoms with Gasteiger partial charge in [-0.1, -0.05) is 12.8 Å². The molecule has 2 aliphatic carbocycles. The highest BCUT2D eigenvalue weighted by atomic mass is 19.4. The zero-order valence-electron chi connectivity index (χ0n) is 16.7. The monoisotopic (exact) mass is 424 g/mol. The molecule has 2 aromatic heterocycles. The Labute approximate surface area is 171 Å². The van der Waals surface area contributed by atoms with Crippen molar-refractivity contribution in [3.8, 4) is 5.75 Å². The van der Waals surface area contributed by atoms with Gasteiger partial charge in [-0.3, -0.25) is 9.78 Å². The van der Waals surface area contributed by atoms with Gasteiger partial charge in [-0.25, -0.2) is 4.68 Å². The van der Waals surface area contributed by atoms with E-state index in [4.69, 9.17) is 10.5 Å². The number of carbonyl (C=O) groups excluding carboxylic acids is 1. The SMILES string of the molecule is Cn1nnnc1C(C)(CC1CC1)c1c(C(N)=O)ncc(C2CC2)c1OCC(F)(F)F. The lowest BCUT2D eigenvalue weighted by Crippen LogP contribution is -2.34. The Hall–Kier alpha value is -2.72. The number of nitrogens with zero attached hydrogens (tertiary/aromatic N) is 5. The molecule has 1 amide bonds. The van der Waals surface area contributed by atoms with Gasteiger partial charge in [0.05, 0.1) is 5.41 Å². The summed E-state index contributed by atoms with van der Waals surface area (Å²) in [5.74, 6) is 0.00585. The number of halogens is 3. The number of primary amides is 1. The number of carbonyl (C=O) groups is 1. The fraction of sp³-hybridized carbons (Fsp3) is 0.632. The molecule has 0 saturated heterocycles. The molecule has 2 aliphatic rings. The van der Waals surface area contributed by atoms with Crippen LogP contribution in [0.4, 0.5) is 13.2 Å². The average Bonchev–Trinajstić information content (AvgIpc) is 3.58. The topological polar surface area (TPSA) is 109 Å². The lowest BCUT2D eigenvalue weighted by atomic mass is 9.74. The number of amides is 1. The first-order valence-corrected chi connectivity index (χ1v) is 9.85. The highest BCUT2D eigenvalue weighted by molar-refractivity contribution is 5.94. The molecule has 0 bridgehead atoms. The number of ether oxygens (including phenoxy) is 1. The smallest absolute Gasteiger partial charge is 0.422 e. The first-order valence-electron chi connectivity index (χ1n) is 9.85. The van der Waals surface area contributed by atoms with Gasteiger partial charge in [0.1, 0.15) is 11.4 Å². The molecule has 2 saturated carbocycles. The van der Waals surface area contributed by atoms with Crippen LogP contribution in [0.2, 0.25) is 0 Å². The molecule has 2 heterocycles. The van der Waals surface area contributed by atoms with Gasteiger partial charge in [0, 0.05) is 24.4 Å². The van der Waals surface area contributed by atoms with Crippen LogP contribution in [0.15, 0.2) is 6.20 Å². The Morgan fingerprint density at radius 2 is 2.00 bits per heavy atom. The lowest BCUT2D eigenvalue weighted by Gasteiger charge is -2.32. The Morgan fingerprint density at radius 3 is 2.50 bits per heavy atom. The van der Waals surface area contributed by atoms with Crippen LogP contribution in [0.5, 0.6) is 5.75 Å². The largest absolute Gasteiger partial charge is 0.483 e. The molecule has 1 unspecified atom stereocenters.